The average Bonchev–Trinajstić information content (AvgIpc) is 3.39. The van der Waals surface area contributed by atoms with Crippen LogP contribution in [0.25, 0.3) is 153 Å². The Morgan fingerprint density at radius 2 is 0.294 bits per heavy atom. The molecule has 15 aromatic rings. The third-order valence-corrected chi connectivity index (χ3v) is 13.5. The maximum atomic E-state index is 5.11. The van der Waals surface area contributed by atoms with Crippen molar-refractivity contribution in [3.63, 3.8) is 0 Å². The molecule has 0 fully saturated rings. The van der Waals surface area contributed by atoms with Gasteiger partial charge >= 0.3 is 0 Å². The summed E-state index contributed by atoms with van der Waals surface area (Å²) in [7, 11) is 0. The molecule has 8 heteroatoms. The predicted molar refractivity (Wildman–Crippen MR) is 280 cm³/mol. The third-order valence-electron chi connectivity index (χ3n) is 13.5. The summed E-state index contributed by atoms with van der Waals surface area (Å²) < 4.78 is 0. The number of rotatable bonds is 0. The Kier molecular flexibility index (Phi) is 7.62. The molecule has 0 atom stereocenters. The number of nitrogens with zero attached hydrogens (tertiary/aromatic N) is 8. The van der Waals surface area contributed by atoms with E-state index in [1.807, 2.05) is 24.3 Å². The molecule has 8 nitrogen and oxygen atoms in total. The number of aromatic nitrogens is 8. The largest absolute Gasteiger partial charge is 0.228 e. The van der Waals surface area contributed by atoms with E-state index in [4.69, 9.17) is 39.9 Å². The number of hydrogen-bond acceptors (Lipinski definition) is 8. The van der Waals surface area contributed by atoms with E-state index in [0.717, 1.165) is 130 Å². The van der Waals surface area contributed by atoms with Crippen molar-refractivity contribution < 1.29 is 0 Å². The van der Waals surface area contributed by atoms with Crippen molar-refractivity contribution in [1.82, 2.24) is 39.9 Å². The molecule has 0 aliphatic carbocycles. The highest BCUT2D eigenvalue weighted by Crippen LogP contribution is 2.31. The van der Waals surface area contributed by atoms with Gasteiger partial charge in [0.05, 0.1) is 44.1 Å². The van der Waals surface area contributed by atoms with Crippen molar-refractivity contribution in [2.45, 2.75) is 0 Å². The van der Waals surface area contributed by atoms with Gasteiger partial charge in [0.15, 0.2) is 22.6 Å². The van der Waals surface area contributed by atoms with Crippen LogP contribution in [0.15, 0.2) is 194 Å². The summed E-state index contributed by atoms with van der Waals surface area (Å²) in [5.41, 5.74) is 8.99. The predicted octanol–water partition coefficient (Wildman–Crippen LogP) is 14.7. The van der Waals surface area contributed by atoms with E-state index in [2.05, 4.69) is 170 Å². The van der Waals surface area contributed by atoms with Crippen LogP contribution < -0.4 is 0 Å². The monoisotopic (exact) mass is 864 g/mol. The number of benzene rings is 6. The Morgan fingerprint density at radius 3 is 0.544 bits per heavy atom. The first kappa shape index (κ1) is 36.9. The van der Waals surface area contributed by atoms with Crippen LogP contribution in [-0.2, 0) is 0 Å². The van der Waals surface area contributed by atoms with Crippen LogP contribution in [0.1, 0.15) is 0 Å². The summed E-state index contributed by atoms with van der Waals surface area (Å²) in [6.07, 6.45) is 0. The number of fused-ring (bicyclic) bond motifs is 18. The van der Waals surface area contributed by atoms with Crippen molar-refractivity contribution in [2.24, 2.45) is 0 Å². The molecule has 9 heterocycles. The summed E-state index contributed by atoms with van der Waals surface area (Å²) in [6.45, 7) is 0. The summed E-state index contributed by atoms with van der Waals surface area (Å²) in [5, 5.41) is 17.0. The van der Waals surface area contributed by atoms with E-state index < -0.39 is 0 Å². The molecule has 0 aliphatic rings. The first-order valence-electron chi connectivity index (χ1n) is 22.6. The first-order chi connectivity index (χ1) is 33.5. The molecule has 0 saturated heterocycles. The summed E-state index contributed by atoms with van der Waals surface area (Å²) in [4.78, 5) is 40.7. The first-order valence-corrected chi connectivity index (χ1v) is 22.6. The lowest BCUT2D eigenvalue weighted by Crippen LogP contribution is -1.89. The highest BCUT2D eigenvalue weighted by atomic mass is 14.9. The van der Waals surface area contributed by atoms with Gasteiger partial charge in [-0.1, -0.05) is 48.5 Å². The zero-order valence-electron chi connectivity index (χ0n) is 36.1. The van der Waals surface area contributed by atoms with Crippen molar-refractivity contribution in [2.75, 3.05) is 0 Å². The molecular formula is C60H32N8. The summed E-state index contributed by atoms with van der Waals surface area (Å²) in [6, 6.07) is 68.0. The van der Waals surface area contributed by atoms with Crippen molar-refractivity contribution in [1.29, 1.82) is 0 Å². The topological polar surface area (TPSA) is 103 Å². The van der Waals surface area contributed by atoms with Crippen LogP contribution >= 0.6 is 0 Å². The van der Waals surface area contributed by atoms with Gasteiger partial charge in [0.25, 0.3) is 0 Å². The zero-order valence-corrected chi connectivity index (χ0v) is 36.1. The highest BCUT2D eigenvalue weighted by molar-refractivity contribution is 6.06. The zero-order chi connectivity index (χ0) is 44.5. The van der Waals surface area contributed by atoms with E-state index in [0.29, 0.717) is 22.6 Å². The maximum Gasteiger partial charge on any atom is 0.160 e. The van der Waals surface area contributed by atoms with Gasteiger partial charge in [-0.05, 0) is 189 Å². The molecule has 0 saturated carbocycles. The van der Waals surface area contributed by atoms with Crippen LogP contribution in [0.5, 0.6) is 0 Å². The maximum absolute atomic E-state index is 5.11. The normalized spacial score (nSPS) is 12.1. The molecular weight excluding hydrogens is 833 g/mol. The van der Waals surface area contributed by atoms with Crippen molar-refractivity contribution in [3.8, 4) is 0 Å². The second kappa shape index (κ2) is 14.1. The Bertz CT molecular complexity index is 3980. The standard InChI is InChI=1S/C60H32N8/c1-5-41-27-45-31-46-28-42(6-2-38(46)25-37(1)45)50-18-10-34-15-23-55(67-58(34)62-50)56-24-16-36-12-20-52(64-60(36)68-56)44-8-4-40-26-39-3-7-43(29-47(39)32-48(40)30-44)51-19-11-35-14-22-54(66-59(35)63-51)53-21-13-33-9-17-49(41)61-57(33)65-53/h1-32H. The van der Waals surface area contributed by atoms with Gasteiger partial charge in [0, 0.05) is 43.1 Å². The third kappa shape index (κ3) is 6.01. The minimum Gasteiger partial charge on any atom is -0.228 e. The van der Waals surface area contributed by atoms with E-state index in [-0.39, 0.29) is 0 Å². The Labute approximate surface area is 385 Å². The van der Waals surface area contributed by atoms with Gasteiger partial charge in [-0.3, -0.25) is 0 Å². The van der Waals surface area contributed by atoms with Gasteiger partial charge in [0.1, 0.15) is 0 Å². The van der Waals surface area contributed by atoms with Gasteiger partial charge in [0.2, 0.25) is 0 Å². The second-order valence-electron chi connectivity index (χ2n) is 17.7. The lowest BCUT2D eigenvalue weighted by Gasteiger charge is -2.06. The molecule has 68 heavy (non-hydrogen) atoms. The molecule has 0 aliphatic heterocycles. The smallest absolute Gasteiger partial charge is 0.160 e. The van der Waals surface area contributed by atoms with Crippen LogP contribution in [0.4, 0.5) is 0 Å². The molecule has 0 amide bonds. The molecule has 0 unspecified atom stereocenters. The van der Waals surface area contributed by atoms with Crippen LogP contribution in [0, 0.1) is 0 Å². The van der Waals surface area contributed by atoms with Gasteiger partial charge in [-0.25, -0.2) is 39.9 Å². The van der Waals surface area contributed by atoms with Gasteiger partial charge in [-0.15, -0.1) is 0 Å². The molecule has 0 N–H and O–H groups in total. The molecule has 6 aromatic carbocycles. The van der Waals surface area contributed by atoms with Crippen molar-refractivity contribution in [3.05, 3.63) is 194 Å². The Hall–Kier alpha value is -9.40. The average molecular weight is 865 g/mol. The summed E-state index contributed by atoms with van der Waals surface area (Å²) in [5.74, 6) is 0. The fourth-order valence-electron chi connectivity index (χ4n) is 9.84. The summed E-state index contributed by atoms with van der Waals surface area (Å²) >= 11 is 0. The van der Waals surface area contributed by atoms with Crippen LogP contribution in [0.2, 0.25) is 0 Å². The lowest BCUT2D eigenvalue weighted by molar-refractivity contribution is 1.34. The van der Waals surface area contributed by atoms with E-state index in [1.54, 1.807) is 0 Å². The van der Waals surface area contributed by atoms with E-state index >= 15 is 0 Å². The van der Waals surface area contributed by atoms with Crippen molar-refractivity contribution >= 4 is 153 Å². The second-order valence-corrected chi connectivity index (χ2v) is 17.7. The fraction of sp³-hybridized carbons (Fsp3) is 0. The quantitative estimate of drug-likeness (QED) is 0.139. The highest BCUT2D eigenvalue weighted by Gasteiger charge is 2.09. The van der Waals surface area contributed by atoms with Gasteiger partial charge < -0.3 is 0 Å². The minimum absolute atomic E-state index is 0.659. The molecule has 0 spiro atoms. The van der Waals surface area contributed by atoms with Gasteiger partial charge in [-0.2, -0.15) is 0 Å². The number of pyridine rings is 8. The van der Waals surface area contributed by atoms with E-state index in [1.165, 1.54) is 0 Å². The Morgan fingerprint density at radius 1 is 0.132 bits per heavy atom. The van der Waals surface area contributed by atoms with Crippen LogP contribution in [0.3, 0.4) is 0 Å². The molecule has 20 bridgehead atoms. The minimum atomic E-state index is 0.659. The van der Waals surface area contributed by atoms with Crippen LogP contribution in [-0.4, -0.2) is 39.9 Å². The molecule has 312 valence electrons. The SMILES string of the molecule is c1cc2cc3cc4cc(ccc4cc13)c1ccc3ccc(nc3n1)c1ccc3ccc(nc3n1)c1ccc3cc4ccc(cc4cc3c1)c1ccc3ccc(nc3n1)c1ccc3ccc2nc3n1. The fourth-order valence-corrected chi connectivity index (χ4v) is 9.84. The molecule has 9 aromatic heterocycles. The lowest BCUT2D eigenvalue weighted by atomic mass is 10.0. The van der Waals surface area contributed by atoms with E-state index in [9.17, 15) is 0 Å². The molecule has 15 rings (SSSR count). The Balaban J connectivity index is 0.989. The molecule has 0 radical (unpaired) electrons. The number of hydrogen-bond donors (Lipinski definition) is 0.